The van der Waals surface area contributed by atoms with Crippen molar-refractivity contribution in [2.24, 2.45) is 5.73 Å². The van der Waals surface area contributed by atoms with Gasteiger partial charge in [-0.15, -0.1) is 5.10 Å². The van der Waals surface area contributed by atoms with Crippen LogP contribution in [0.2, 0.25) is 0 Å². The molecular formula is C23H34N8. The number of nitrogens with zero attached hydrogens (tertiary/aromatic N) is 4. The van der Waals surface area contributed by atoms with Crippen LogP contribution in [0.3, 0.4) is 0 Å². The molecule has 31 heavy (non-hydrogen) atoms. The summed E-state index contributed by atoms with van der Waals surface area (Å²) in [4.78, 5) is 4.99. The van der Waals surface area contributed by atoms with Gasteiger partial charge < -0.3 is 26.7 Å². The van der Waals surface area contributed by atoms with Gasteiger partial charge in [-0.05, 0) is 50.8 Å². The number of nitrogen functional groups attached to an aromatic ring is 1. The van der Waals surface area contributed by atoms with Crippen LogP contribution in [0.25, 0.3) is 11.4 Å². The van der Waals surface area contributed by atoms with E-state index in [2.05, 4.69) is 53.1 Å². The Labute approximate surface area is 184 Å². The Morgan fingerprint density at radius 1 is 1.10 bits per heavy atom. The van der Waals surface area contributed by atoms with Gasteiger partial charge in [0.05, 0.1) is 11.4 Å². The highest BCUT2D eigenvalue weighted by Gasteiger charge is 2.30. The van der Waals surface area contributed by atoms with Crippen molar-refractivity contribution in [1.29, 1.82) is 0 Å². The molecule has 166 valence electrons. The summed E-state index contributed by atoms with van der Waals surface area (Å²) < 4.78 is 2.22. The van der Waals surface area contributed by atoms with Crippen molar-refractivity contribution in [3.63, 3.8) is 0 Å². The minimum Gasteiger partial charge on any atom is -0.399 e. The van der Waals surface area contributed by atoms with E-state index in [1.165, 1.54) is 12.8 Å². The summed E-state index contributed by atoms with van der Waals surface area (Å²) in [7, 11) is 0. The standard InChI is InChI=1S/C23H34N8/c1-13(2)19-21-20(30-29-19)22(26-16-9-7-8-15(24)12-16)28-23(31(21)14(3)4)27-18-11-6-5-10-17(18)25/h7-9,12-14,17-18,26H,5-6,10-11,24-25H2,1-4H3,(H,27,28). The topological polar surface area (TPSA) is 120 Å². The highest BCUT2D eigenvalue weighted by atomic mass is 15.3. The molecule has 4 rings (SSSR count). The second kappa shape index (κ2) is 8.70. The lowest BCUT2D eigenvalue weighted by Crippen LogP contribution is -2.43. The predicted octanol–water partition coefficient (Wildman–Crippen LogP) is 4.49. The second-order valence-corrected chi connectivity index (χ2v) is 9.13. The number of anilines is 4. The summed E-state index contributed by atoms with van der Waals surface area (Å²) in [6.45, 7) is 8.61. The lowest BCUT2D eigenvalue weighted by atomic mass is 9.91. The first-order valence-electron chi connectivity index (χ1n) is 11.3. The van der Waals surface area contributed by atoms with Crippen molar-refractivity contribution in [3.05, 3.63) is 30.0 Å². The van der Waals surface area contributed by atoms with Gasteiger partial charge in [0.1, 0.15) is 0 Å². The SMILES string of the molecule is CC(C)c1nnc2c(Nc3cccc(N)c3)nc(NC3CCCCC3N)n(C(C)C)c1-2. The van der Waals surface area contributed by atoms with Gasteiger partial charge in [-0.25, -0.2) is 0 Å². The molecule has 2 unspecified atom stereocenters. The lowest BCUT2D eigenvalue weighted by molar-refractivity contribution is 0.400. The van der Waals surface area contributed by atoms with Crippen LogP contribution in [-0.4, -0.2) is 31.8 Å². The van der Waals surface area contributed by atoms with E-state index in [0.29, 0.717) is 11.5 Å². The van der Waals surface area contributed by atoms with E-state index >= 15 is 0 Å². The van der Waals surface area contributed by atoms with E-state index in [9.17, 15) is 0 Å². The zero-order valence-electron chi connectivity index (χ0n) is 18.9. The number of nitrogens with two attached hydrogens (primary N) is 2. The maximum Gasteiger partial charge on any atom is 0.205 e. The molecule has 2 aliphatic heterocycles. The molecule has 1 fully saturated rings. The summed E-state index contributed by atoms with van der Waals surface area (Å²) in [5, 5.41) is 16.1. The van der Waals surface area contributed by atoms with Crippen LogP contribution >= 0.6 is 0 Å². The Morgan fingerprint density at radius 2 is 1.87 bits per heavy atom. The summed E-state index contributed by atoms with van der Waals surface area (Å²) in [5.41, 5.74) is 16.7. The number of rotatable bonds is 6. The summed E-state index contributed by atoms with van der Waals surface area (Å²) in [6, 6.07) is 8.14. The Bertz CT molecular complexity index is 1010. The maximum atomic E-state index is 6.45. The molecule has 1 saturated carbocycles. The molecule has 1 aliphatic carbocycles. The second-order valence-electron chi connectivity index (χ2n) is 9.13. The van der Waals surface area contributed by atoms with E-state index < -0.39 is 0 Å². The Hall–Kier alpha value is -2.87. The molecule has 2 atom stereocenters. The molecule has 2 heterocycles. The van der Waals surface area contributed by atoms with Crippen molar-refractivity contribution in [1.82, 2.24) is 19.7 Å². The average molecular weight is 423 g/mol. The van der Waals surface area contributed by atoms with Crippen molar-refractivity contribution in [2.75, 3.05) is 16.4 Å². The summed E-state index contributed by atoms with van der Waals surface area (Å²) >= 11 is 0. The Kier molecular flexibility index (Phi) is 6.00. The molecule has 6 N–H and O–H groups in total. The van der Waals surface area contributed by atoms with E-state index in [0.717, 1.165) is 41.6 Å². The molecule has 0 radical (unpaired) electrons. The van der Waals surface area contributed by atoms with Crippen molar-refractivity contribution >= 4 is 23.1 Å². The average Bonchev–Trinajstić information content (AvgIpc) is 3.15. The molecule has 0 bridgehead atoms. The van der Waals surface area contributed by atoms with Crippen molar-refractivity contribution < 1.29 is 0 Å². The third-order valence-electron chi connectivity index (χ3n) is 5.98. The van der Waals surface area contributed by atoms with Crippen LogP contribution in [0, 0.1) is 0 Å². The lowest BCUT2D eigenvalue weighted by Gasteiger charge is -2.32. The number of benzene rings is 1. The zero-order chi connectivity index (χ0) is 22.1. The van der Waals surface area contributed by atoms with Gasteiger partial charge >= 0.3 is 0 Å². The quantitative estimate of drug-likeness (QED) is 0.432. The summed E-state index contributed by atoms with van der Waals surface area (Å²) in [6.07, 6.45) is 4.45. The largest absolute Gasteiger partial charge is 0.399 e. The molecule has 0 aromatic heterocycles. The minimum absolute atomic E-state index is 0.123. The first-order chi connectivity index (χ1) is 14.8. The highest BCUT2D eigenvalue weighted by molar-refractivity contribution is 5.78. The predicted molar refractivity (Wildman–Crippen MR) is 127 cm³/mol. The molecule has 3 aliphatic rings. The van der Waals surface area contributed by atoms with Gasteiger partial charge in [-0.3, -0.25) is 0 Å². The molecular weight excluding hydrogens is 388 g/mol. The van der Waals surface area contributed by atoms with Gasteiger partial charge in [0.25, 0.3) is 0 Å². The van der Waals surface area contributed by atoms with Gasteiger partial charge in [0, 0.05) is 29.5 Å². The van der Waals surface area contributed by atoms with Crippen LogP contribution in [0.4, 0.5) is 23.1 Å². The smallest absolute Gasteiger partial charge is 0.205 e. The number of hydrogen-bond acceptors (Lipinski definition) is 7. The molecule has 1 aromatic carbocycles. The van der Waals surface area contributed by atoms with Crippen LogP contribution in [-0.2, 0) is 0 Å². The monoisotopic (exact) mass is 422 g/mol. The maximum absolute atomic E-state index is 6.45. The van der Waals surface area contributed by atoms with Gasteiger partial charge in [-0.2, -0.15) is 10.1 Å². The zero-order valence-corrected chi connectivity index (χ0v) is 18.9. The normalized spacial score (nSPS) is 19.3. The van der Waals surface area contributed by atoms with Crippen LogP contribution in [0.15, 0.2) is 24.3 Å². The third kappa shape index (κ3) is 4.30. The number of hydrogen-bond donors (Lipinski definition) is 4. The molecule has 8 nitrogen and oxygen atoms in total. The fourth-order valence-electron chi connectivity index (χ4n) is 4.37. The summed E-state index contributed by atoms with van der Waals surface area (Å²) in [5.74, 6) is 1.71. The van der Waals surface area contributed by atoms with Crippen LogP contribution in [0.5, 0.6) is 0 Å². The highest BCUT2D eigenvalue weighted by Crippen LogP contribution is 2.39. The molecule has 8 heteroatoms. The van der Waals surface area contributed by atoms with Crippen LogP contribution in [0.1, 0.15) is 71.0 Å². The third-order valence-corrected chi connectivity index (χ3v) is 5.98. The Balaban J connectivity index is 1.85. The molecule has 0 amide bonds. The fourth-order valence-corrected chi connectivity index (χ4v) is 4.37. The van der Waals surface area contributed by atoms with E-state index in [4.69, 9.17) is 16.5 Å². The number of nitrogens with one attached hydrogen (secondary N) is 2. The molecule has 0 spiro atoms. The molecule has 1 aromatic rings. The minimum atomic E-state index is 0.123. The van der Waals surface area contributed by atoms with E-state index in [-0.39, 0.29) is 24.0 Å². The van der Waals surface area contributed by atoms with Gasteiger partial charge in [-0.1, -0.05) is 32.8 Å². The fraction of sp³-hybridized carbons (Fsp3) is 0.522. The van der Waals surface area contributed by atoms with Crippen LogP contribution < -0.4 is 22.1 Å². The first kappa shape index (κ1) is 21.4. The van der Waals surface area contributed by atoms with Crippen molar-refractivity contribution in [3.8, 4) is 11.4 Å². The molecule has 0 saturated heterocycles. The number of aromatic nitrogens is 4. The Morgan fingerprint density at radius 3 is 2.55 bits per heavy atom. The van der Waals surface area contributed by atoms with E-state index in [1.807, 2.05) is 24.3 Å². The number of fused-ring (bicyclic) bond motifs is 1. The van der Waals surface area contributed by atoms with Gasteiger partial charge in [0.15, 0.2) is 11.5 Å². The first-order valence-corrected chi connectivity index (χ1v) is 11.3. The van der Waals surface area contributed by atoms with Crippen molar-refractivity contribution in [2.45, 2.75) is 77.4 Å². The van der Waals surface area contributed by atoms with Gasteiger partial charge in [0.2, 0.25) is 5.95 Å². The van der Waals surface area contributed by atoms with E-state index in [1.54, 1.807) is 0 Å².